The Morgan fingerprint density at radius 3 is 2.58 bits per heavy atom. The highest BCUT2D eigenvalue weighted by Gasteiger charge is 2.10. The summed E-state index contributed by atoms with van der Waals surface area (Å²) in [5.74, 6) is -0.706. The van der Waals surface area contributed by atoms with Crippen molar-refractivity contribution in [1.82, 2.24) is 15.2 Å². The lowest BCUT2D eigenvalue weighted by Crippen LogP contribution is -2.17. The minimum Gasteiger partial charge on any atom is -0.382 e. The topological polar surface area (TPSA) is 108 Å². The predicted octanol–water partition coefficient (Wildman–Crippen LogP) is -0.725. The smallest absolute Gasteiger partial charge is 0.273 e. The lowest BCUT2D eigenvalue weighted by atomic mass is 10.4. The van der Waals surface area contributed by atoms with Crippen molar-refractivity contribution in [3.05, 3.63) is 5.69 Å². The van der Waals surface area contributed by atoms with Gasteiger partial charge in [0.05, 0.1) is 0 Å². The maximum Gasteiger partial charge on any atom is 0.273 e. The second-order valence-electron chi connectivity index (χ2n) is 1.90. The number of hydrogen-bond donors (Lipinski definition) is 2. The highest BCUT2D eigenvalue weighted by Crippen LogP contribution is 2.10. The summed E-state index contributed by atoms with van der Waals surface area (Å²) in [6, 6.07) is 0. The molecule has 1 amide bonds. The largest absolute Gasteiger partial charge is 0.382 e. The Labute approximate surface area is 72.8 Å². The summed E-state index contributed by atoms with van der Waals surface area (Å²) in [5.41, 5.74) is 10.2. The first-order valence-corrected chi connectivity index (χ1v) is 4.21. The van der Waals surface area contributed by atoms with Gasteiger partial charge in [0.1, 0.15) is 0 Å². The number of thioether (sulfide) groups is 1. The number of anilines is 1. The molecule has 0 spiro atoms. The molecule has 0 bridgehead atoms. The van der Waals surface area contributed by atoms with E-state index in [1.54, 1.807) is 6.26 Å². The van der Waals surface area contributed by atoms with E-state index in [1.165, 1.54) is 11.8 Å². The molecule has 1 aromatic rings. The van der Waals surface area contributed by atoms with Crippen molar-refractivity contribution in [3.63, 3.8) is 0 Å². The zero-order chi connectivity index (χ0) is 9.14. The van der Waals surface area contributed by atoms with E-state index >= 15 is 0 Å². The molecule has 0 aliphatic rings. The summed E-state index contributed by atoms with van der Waals surface area (Å²) in [5, 5.41) is 7.53. The van der Waals surface area contributed by atoms with Crippen molar-refractivity contribution in [2.24, 2.45) is 5.73 Å². The zero-order valence-electron chi connectivity index (χ0n) is 6.31. The fourth-order valence-corrected chi connectivity index (χ4v) is 0.896. The highest BCUT2D eigenvalue weighted by molar-refractivity contribution is 7.98. The fraction of sp³-hybridized carbons (Fsp3) is 0.200. The first kappa shape index (κ1) is 8.72. The molecule has 0 unspecified atom stereocenters. The van der Waals surface area contributed by atoms with Crippen LogP contribution in [0.4, 0.5) is 5.82 Å². The van der Waals surface area contributed by atoms with Gasteiger partial charge in [0, 0.05) is 0 Å². The van der Waals surface area contributed by atoms with Gasteiger partial charge in [0.15, 0.2) is 11.5 Å². The Hall–Kier alpha value is -1.37. The number of primary amides is 1. The molecule has 12 heavy (non-hydrogen) atoms. The number of hydrogen-bond acceptors (Lipinski definition) is 6. The molecule has 0 aliphatic heterocycles. The standard InChI is InChI=1S/C5H7N5OS/c1-12-5-8-3(6)2(4(7)11)9-10-5/h1H3,(H2,7,11)(H2,6,8,10). The van der Waals surface area contributed by atoms with E-state index in [1.807, 2.05) is 0 Å². The van der Waals surface area contributed by atoms with Crippen LogP contribution in [0.25, 0.3) is 0 Å². The lowest BCUT2D eigenvalue weighted by molar-refractivity contribution is 0.0995. The van der Waals surface area contributed by atoms with Gasteiger partial charge in [-0.05, 0) is 6.26 Å². The number of nitrogens with zero attached hydrogens (tertiary/aromatic N) is 3. The summed E-state index contributed by atoms with van der Waals surface area (Å²) in [6.07, 6.45) is 1.78. The third-order valence-corrected chi connectivity index (χ3v) is 1.65. The van der Waals surface area contributed by atoms with Gasteiger partial charge in [-0.15, -0.1) is 10.2 Å². The average Bonchev–Trinajstić information content (AvgIpc) is 2.03. The first-order chi connectivity index (χ1) is 5.65. The molecule has 7 heteroatoms. The number of aromatic nitrogens is 3. The molecule has 0 saturated carbocycles. The van der Waals surface area contributed by atoms with Crippen LogP contribution in [-0.2, 0) is 0 Å². The van der Waals surface area contributed by atoms with Gasteiger partial charge in [0.2, 0.25) is 5.16 Å². The molecular formula is C5H7N5OS. The molecule has 0 saturated heterocycles. The van der Waals surface area contributed by atoms with E-state index in [2.05, 4.69) is 15.2 Å². The molecule has 0 aromatic carbocycles. The van der Waals surface area contributed by atoms with Crippen molar-refractivity contribution in [2.75, 3.05) is 12.0 Å². The van der Waals surface area contributed by atoms with Crippen LogP contribution in [0.5, 0.6) is 0 Å². The molecule has 0 radical (unpaired) electrons. The number of carbonyl (C=O) groups excluding carboxylic acids is 1. The minimum atomic E-state index is -0.722. The highest BCUT2D eigenvalue weighted by atomic mass is 32.2. The number of carbonyl (C=O) groups is 1. The molecule has 0 fully saturated rings. The van der Waals surface area contributed by atoms with Crippen LogP contribution in [0.2, 0.25) is 0 Å². The van der Waals surface area contributed by atoms with Crippen molar-refractivity contribution in [3.8, 4) is 0 Å². The monoisotopic (exact) mass is 185 g/mol. The van der Waals surface area contributed by atoms with Gasteiger partial charge in [-0.2, -0.15) is 0 Å². The van der Waals surface area contributed by atoms with Crippen LogP contribution in [0.15, 0.2) is 5.16 Å². The fourth-order valence-electron chi connectivity index (χ4n) is 0.584. The molecule has 0 atom stereocenters. The molecule has 4 N–H and O–H groups in total. The van der Waals surface area contributed by atoms with E-state index in [0.717, 1.165) is 0 Å². The van der Waals surface area contributed by atoms with Crippen molar-refractivity contribution in [2.45, 2.75) is 5.16 Å². The summed E-state index contributed by atoms with van der Waals surface area (Å²) in [4.78, 5) is 14.4. The van der Waals surface area contributed by atoms with Gasteiger partial charge in [-0.3, -0.25) is 4.79 Å². The second kappa shape index (κ2) is 3.35. The van der Waals surface area contributed by atoms with Gasteiger partial charge < -0.3 is 11.5 Å². The molecule has 1 rings (SSSR count). The summed E-state index contributed by atoms with van der Waals surface area (Å²) in [7, 11) is 0. The maximum absolute atomic E-state index is 10.6. The molecule has 1 heterocycles. The van der Waals surface area contributed by atoms with Crippen molar-refractivity contribution in [1.29, 1.82) is 0 Å². The van der Waals surface area contributed by atoms with E-state index in [-0.39, 0.29) is 11.5 Å². The second-order valence-corrected chi connectivity index (χ2v) is 2.67. The number of amides is 1. The Balaban J connectivity index is 3.12. The van der Waals surface area contributed by atoms with E-state index in [4.69, 9.17) is 11.5 Å². The summed E-state index contributed by atoms with van der Waals surface area (Å²) < 4.78 is 0. The van der Waals surface area contributed by atoms with Gasteiger partial charge in [-0.25, -0.2) is 4.98 Å². The molecule has 64 valence electrons. The molecule has 6 nitrogen and oxygen atoms in total. The van der Waals surface area contributed by atoms with Crippen LogP contribution in [0.1, 0.15) is 10.5 Å². The quantitative estimate of drug-likeness (QED) is 0.588. The number of rotatable bonds is 2. The van der Waals surface area contributed by atoms with E-state index < -0.39 is 5.91 Å². The van der Waals surface area contributed by atoms with Crippen LogP contribution in [0.3, 0.4) is 0 Å². The zero-order valence-corrected chi connectivity index (χ0v) is 7.13. The van der Waals surface area contributed by atoms with Crippen LogP contribution >= 0.6 is 11.8 Å². The summed E-state index contributed by atoms with van der Waals surface area (Å²) >= 11 is 1.29. The maximum atomic E-state index is 10.6. The van der Waals surface area contributed by atoms with Gasteiger partial charge >= 0.3 is 0 Å². The first-order valence-electron chi connectivity index (χ1n) is 2.99. The molecule has 1 aromatic heterocycles. The molecule has 0 aliphatic carbocycles. The third-order valence-electron chi connectivity index (χ3n) is 1.11. The van der Waals surface area contributed by atoms with Crippen molar-refractivity contribution < 1.29 is 4.79 Å². The van der Waals surface area contributed by atoms with E-state index in [0.29, 0.717) is 5.16 Å². The van der Waals surface area contributed by atoms with Crippen LogP contribution < -0.4 is 11.5 Å². The summed E-state index contributed by atoms with van der Waals surface area (Å²) in [6.45, 7) is 0. The van der Waals surface area contributed by atoms with Gasteiger partial charge in [-0.1, -0.05) is 11.8 Å². The van der Waals surface area contributed by atoms with Crippen LogP contribution in [0, 0.1) is 0 Å². The minimum absolute atomic E-state index is 0.0156. The average molecular weight is 185 g/mol. The SMILES string of the molecule is CSc1nnc(C(N)=O)c(N)n1. The van der Waals surface area contributed by atoms with Gasteiger partial charge in [0.25, 0.3) is 5.91 Å². The van der Waals surface area contributed by atoms with Crippen molar-refractivity contribution >= 4 is 23.5 Å². The third kappa shape index (κ3) is 1.62. The predicted molar refractivity (Wildman–Crippen MR) is 44.5 cm³/mol. The van der Waals surface area contributed by atoms with E-state index in [9.17, 15) is 4.79 Å². The van der Waals surface area contributed by atoms with Crippen LogP contribution in [-0.4, -0.2) is 27.3 Å². The Morgan fingerprint density at radius 2 is 2.17 bits per heavy atom. The Bertz CT molecular complexity index is 315. The molecular weight excluding hydrogens is 178 g/mol. The number of nitrogens with two attached hydrogens (primary N) is 2. The lowest BCUT2D eigenvalue weighted by Gasteiger charge is -1.98. The number of nitrogen functional groups attached to an aromatic ring is 1. The Kier molecular flexibility index (Phi) is 2.44. The normalized spacial score (nSPS) is 9.75. The Morgan fingerprint density at radius 1 is 1.50 bits per heavy atom.